The summed E-state index contributed by atoms with van der Waals surface area (Å²) in [6.45, 7) is -0.199. The highest BCUT2D eigenvalue weighted by Gasteiger charge is 2.33. The molecule has 1 aliphatic rings. The van der Waals surface area contributed by atoms with Crippen molar-refractivity contribution >= 4 is 41.7 Å². The predicted octanol–water partition coefficient (Wildman–Crippen LogP) is 1.49. The number of amidine groups is 1. The normalized spacial score (nSPS) is 15.9. The Morgan fingerprint density at radius 3 is 2.65 bits per heavy atom. The quantitative estimate of drug-likeness (QED) is 0.604. The number of phenolic OH excluding ortho intramolecular Hbond substituents is 1. The van der Waals surface area contributed by atoms with E-state index in [2.05, 4.69) is 4.99 Å². The molecule has 7 heteroatoms. The van der Waals surface area contributed by atoms with Gasteiger partial charge in [0.25, 0.3) is 5.91 Å². The fourth-order valence-corrected chi connectivity index (χ4v) is 2.43. The zero-order valence-corrected chi connectivity index (χ0v) is 13.4. The Bertz CT molecular complexity index is 680. The third kappa shape index (κ3) is 4.07. The molecule has 0 aliphatic carbocycles. The summed E-state index contributed by atoms with van der Waals surface area (Å²) >= 11 is 1.52. The van der Waals surface area contributed by atoms with Gasteiger partial charge in [-0.25, -0.2) is 4.99 Å². The number of Topliss-reactive ketones (excluding diaryl/α,β-unsaturated/α-hetero) is 1. The van der Waals surface area contributed by atoms with Gasteiger partial charge in [0.05, 0.1) is 6.54 Å². The molecule has 0 unspecified atom stereocenters. The van der Waals surface area contributed by atoms with E-state index < -0.39 is 5.91 Å². The Hall–Kier alpha value is -2.41. The van der Waals surface area contributed by atoms with Gasteiger partial charge in [0.1, 0.15) is 17.7 Å². The van der Waals surface area contributed by atoms with Gasteiger partial charge in [-0.15, -0.1) is 0 Å². The molecule has 0 atom stereocenters. The number of aromatic hydroxyl groups is 1. The van der Waals surface area contributed by atoms with Gasteiger partial charge in [0.2, 0.25) is 0 Å². The van der Waals surface area contributed by atoms with Crippen LogP contribution in [0.25, 0.3) is 6.08 Å². The minimum atomic E-state index is -0.474. The van der Waals surface area contributed by atoms with Gasteiger partial charge in [0, 0.05) is 12.2 Å². The monoisotopic (exact) mass is 332 g/mol. The molecule has 2 rings (SSSR count). The van der Waals surface area contributed by atoms with Crippen LogP contribution in [0.2, 0.25) is 0 Å². The first kappa shape index (κ1) is 17.0. The maximum atomic E-state index is 12.3. The minimum Gasteiger partial charge on any atom is -0.508 e. The van der Waals surface area contributed by atoms with Gasteiger partial charge in [-0.1, -0.05) is 12.1 Å². The summed E-state index contributed by atoms with van der Waals surface area (Å²) in [4.78, 5) is 40.5. The molecule has 1 aromatic carbocycles. The largest absolute Gasteiger partial charge is 0.508 e. The average molecular weight is 332 g/mol. The van der Waals surface area contributed by atoms with E-state index in [1.165, 1.54) is 30.0 Å². The lowest BCUT2D eigenvalue weighted by molar-refractivity contribution is -0.125. The van der Waals surface area contributed by atoms with Crippen LogP contribution < -0.4 is 0 Å². The fraction of sp³-hybridized carbons (Fsp3) is 0.250. The summed E-state index contributed by atoms with van der Waals surface area (Å²) in [7, 11) is 0. The van der Waals surface area contributed by atoms with Gasteiger partial charge in [-0.05, 0) is 30.0 Å². The summed E-state index contributed by atoms with van der Waals surface area (Å²) < 4.78 is 0. The van der Waals surface area contributed by atoms with Crippen molar-refractivity contribution in [3.63, 3.8) is 0 Å². The van der Waals surface area contributed by atoms with Crippen molar-refractivity contribution in [1.82, 2.24) is 4.90 Å². The molecule has 1 N–H and O–H groups in total. The molecule has 0 saturated heterocycles. The summed E-state index contributed by atoms with van der Waals surface area (Å²) in [6.07, 6.45) is 4.23. The van der Waals surface area contributed by atoms with Crippen LogP contribution in [-0.4, -0.2) is 52.4 Å². The number of hydrogen-bond donors (Lipinski definition) is 1. The lowest BCUT2D eigenvalue weighted by atomic mass is 10.2. The van der Waals surface area contributed by atoms with Crippen molar-refractivity contribution in [3.05, 3.63) is 35.5 Å². The van der Waals surface area contributed by atoms with Crippen LogP contribution in [0.15, 0.2) is 35.0 Å². The van der Waals surface area contributed by atoms with E-state index in [0.717, 1.165) is 4.90 Å². The topological polar surface area (TPSA) is 87.0 Å². The number of hydrogen-bond acceptors (Lipinski definition) is 6. The van der Waals surface area contributed by atoms with Crippen molar-refractivity contribution in [2.24, 2.45) is 4.99 Å². The molecule has 0 fully saturated rings. The number of ketones is 1. The Morgan fingerprint density at radius 1 is 1.35 bits per heavy atom. The van der Waals surface area contributed by atoms with E-state index in [1.54, 1.807) is 12.1 Å². The van der Waals surface area contributed by atoms with Crippen molar-refractivity contribution in [3.8, 4) is 5.75 Å². The number of amides is 1. The molecular formula is C16H16N2O4S. The molecule has 1 amide bonds. The van der Waals surface area contributed by atoms with E-state index in [-0.39, 0.29) is 36.0 Å². The van der Waals surface area contributed by atoms with E-state index >= 15 is 0 Å². The number of carbonyl (C=O) groups is 3. The number of aliphatic imine (C=N–C) groups is 1. The average Bonchev–Trinajstić information content (AvgIpc) is 2.85. The van der Waals surface area contributed by atoms with Crippen molar-refractivity contribution in [1.29, 1.82) is 0 Å². The first-order chi connectivity index (χ1) is 11.1. The zero-order valence-electron chi connectivity index (χ0n) is 12.6. The van der Waals surface area contributed by atoms with Crippen LogP contribution in [0.1, 0.15) is 12.0 Å². The van der Waals surface area contributed by atoms with E-state index in [9.17, 15) is 19.5 Å². The maximum absolute atomic E-state index is 12.3. The van der Waals surface area contributed by atoms with Crippen LogP contribution in [-0.2, 0) is 14.4 Å². The smallest absolute Gasteiger partial charge is 0.278 e. The number of carbonyl (C=O) groups excluding carboxylic acids is 3. The molecule has 0 aromatic heterocycles. The fourth-order valence-electron chi connectivity index (χ4n) is 2.04. The van der Waals surface area contributed by atoms with Gasteiger partial charge in [-0.2, -0.15) is 11.8 Å². The molecule has 1 heterocycles. The molecule has 1 aliphatic heterocycles. The number of benzene rings is 1. The molecule has 0 spiro atoms. The number of nitrogens with zero attached hydrogens (tertiary/aromatic N) is 2. The number of aldehydes is 1. The molecule has 23 heavy (non-hydrogen) atoms. The van der Waals surface area contributed by atoms with Gasteiger partial charge >= 0.3 is 0 Å². The molecule has 120 valence electrons. The number of rotatable bonds is 7. The molecule has 6 nitrogen and oxygen atoms in total. The SMILES string of the molecule is CSCCC(=O)C1=N/C(=C\c2ccc(O)cc2)C(=O)N1CC=O. The van der Waals surface area contributed by atoms with E-state index in [4.69, 9.17) is 0 Å². The lowest BCUT2D eigenvalue weighted by Gasteiger charge is -2.13. The molecule has 0 radical (unpaired) electrons. The Labute approximate surface area is 137 Å². The summed E-state index contributed by atoms with van der Waals surface area (Å²) in [6, 6.07) is 6.23. The predicted molar refractivity (Wildman–Crippen MR) is 89.3 cm³/mol. The van der Waals surface area contributed by atoms with Crippen molar-refractivity contribution < 1.29 is 19.5 Å². The Morgan fingerprint density at radius 2 is 2.04 bits per heavy atom. The van der Waals surface area contributed by atoms with Crippen LogP contribution in [0.4, 0.5) is 0 Å². The highest BCUT2D eigenvalue weighted by Crippen LogP contribution is 2.20. The second-order valence-corrected chi connectivity index (χ2v) is 5.79. The number of phenols is 1. The summed E-state index contributed by atoms with van der Waals surface area (Å²) in [5, 5.41) is 9.27. The highest BCUT2D eigenvalue weighted by molar-refractivity contribution is 7.98. The summed E-state index contributed by atoms with van der Waals surface area (Å²) in [5.41, 5.74) is 0.767. The lowest BCUT2D eigenvalue weighted by Crippen LogP contribution is -2.38. The third-order valence-corrected chi connectivity index (χ3v) is 3.79. The molecular weight excluding hydrogens is 316 g/mol. The third-order valence-electron chi connectivity index (χ3n) is 3.18. The highest BCUT2D eigenvalue weighted by atomic mass is 32.2. The van der Waals surface area contributed by atoms with Gasteiger partial charge < -0.3 is 9.90 Å². The first-order valence-electron chi connectivity index (χ1n) is 6.94. The van der Waals surface area contributed by atoms with Crippen LogP contribution >= 0.6 is 11.8 Å². The van der Waals surface area contributed by atoms with Crippen molar-refractivity contribution in [2.75, 3.05) is 18.6 Å². The Kier molecular flexibility index (Phi) is 5.70. The minimum absolute atomic E-state index is 0.0150. The summed E-state index contributed by atoms with van der Waals surface area (Å²) in [5.74, 6) is 0.0178. The number of thioether (sulfide) groups is 1. The van der Waals surface area contributed by atoms with Crippen LogP contribution in [0.3, 0.4) is 0 Å². The zero-order chi connectivity index (χ0) is 16.8. The second kappa shape index (κ2) is 7.73. The van der Waals surface area contributed by atoms with Crippen LogP contribution in [0, 0.1) is 0 Å². The first-order valence-corrected chi connectivity index (χ1v) is 8.33. The Balaban J connectivity index is 2.31. The molecule has 0 bridgehead atoms. The molecule has 0 saturated carbocycles. The van der Waals surface area contributed by atoms with E-state index in [1.807, 2.05) is 6.26 Å². The molecule has 1 aromatic rings. The maximum Gasteiger partial charge on any atom is 0.278 e. The standard InChI is InChI=1S/C16H16N2O4S/c1-23-9-6-14(21)15-17-13(16(22)18(15)7-8-19)10-11-2-4-12(20)5-3-11/h2-5,8,10,20H,6-7,9H2,1H3/b13-10-. The second-order valence-electron chi connectivity index (χ2n) is 4.80. The van der Waals surface area contributed by atoms with Crippen molar-refractivity contribution in [2.45, 2.75) is 6.42 Å². The van der Waals surface area contributed by atoms with Crippen LogP contribution in [0.5, 0.6) is 5.75 Å². The van der Waals surface area contributed by atoms with Gasteiger partial charge in [0.15, 0.2) is 11.6 Å². The van der Waals surface area contributed by atoms with Gasteiger partial charge in [-0.3, -0.25) is 14.5 Å². The van der Waals surface area contributed by atoms with E-state index in [0.29, 0.717) is 17.6 Å².